The standard InChI is InChI=1S/C11H23N7O2/c1-4-18(5-2)11-15-9(14-10(16-11)17-12)13-8(6-19)7-20-3/h8,19H,4-7,12H2,1-3H3,(H2,13,14,15,16,17). The van der Waals surface area contributed by atoms with Gasteiger partial charge in [0.05, 0.1) is 19.3 Å². The highest BCUT2D eigenvalue weighted by atomic mass is 16.5. The number of anilines is 3. The van der Waals surface area contributed by atoms with Crippen molar-refractivity contribution in [3.8, 4) is 0 Å². The Morgan fingerprint density at radius 3 is 2.40 bits per heavy atom. The molecule has 1 rings (SSSR count). The van der Waals surface area contributed by atoms with E-state index in [1.54, 1.807) is 7.11 Å². The number of nitrogens with two attached hydrogens (primary N) is 1. The number of nitrogens with zero attached hydrogens (tertiary/aromatic N) is 4. The summed E-state index contributed by atoms with van der Waals surface area (Å²) in [6, 6.07) is -0.294. The monoisotopic (exact) mass is 285 g/mol. The molecule has 9 heteroatoms. The van der Waals surface area contributed by atoms with E-state index >= 15 is 0 Å². The zero-order chi connectivity index (χ0) is 15.0. The average Bonchev–Trinajstić information content (AvgIpc) is 2.47. The van der Waals surface area contributed by atoms with Crippen LogP contribution < -0.4 is 21.5 Å². The third kappa shape index (κ3) is 4.44. The lowest BCUT2D eigenvalue weighted by molar-refractivity contribution is 0.153. The molecule has 0 aliphatic heterocycles. The minimum absolute atomic E-state index is 0.0918. The molecule has 0 aliphatic carbocycles. The van der Waals surface area contributed by atoms with Crippen LogP contribution in [0, 0.1) is 0 Å². The highest BCUT2D eigenvalue weighted by Crippen LogP contribution is 2.13. The molecule has 9 nitrogen and oxygen atoms in total. The second kappa shape index (κ2) is 8.46. The minimum atomic E-state index is -0.294. The number of hydrogen-bond donors (Lipinski definition) is 4. The Morgan fingerprint density at radius 1 is 1.25 bits per heavy atom. The van der Waals surface area contributed by atoms with E-state index < -0.39 is 0 Å². The zero-order valence-corrected chi connectivity index (χ0v) is 12.1. The van der Waals surface area contributed by atoms with Crippen LogP contribution in [0.3, 0.4) is 0 Å². The lowest BCUT2D eigenvalue weighted by Crippen LogP contribution is -2.31. The molecule has 0 fully saturated rings. The molecule has 5 N–H and O–H groups in total. The van der Waals surface area contributed by atoms with Gasteiger partial charge in [-0.05, 0) is 13.8 Å². The van der Waals surface area contributed by atoms with Crippen molar-refractivity contribution in [2.24, 2.45) is 5.84 Å². The summed E-state index contributed by atoms with van der Waals surface area (Å²) in [5.41, 5.74) is 2.41. The van der Waals surface area contributed by atoms with Gasteiger partial charge in [0.1, 0.15) is 0 Å². The smallest absolute Gasteiger partial charge is 0.243 e. The van der Waals surface area contributed by atoms with Gasteiger partial charge in [-0.25, -0.2) is 5.84 Å². The first-order chi connectivity index (χ1) is 9.68. The Morgan fingerprint density at radius 2 is 1.90 bits per heavy atom. The average molecular weight is 285 g/mol. The van der Waals surface area contributed by atoms with Crippen molar-refractivity contribution in [3.05, 3.63) is 0 Å². The van der Waals surface area contributed by atoms with E-state index in [-0.39, 0.29) is 18.6 Å². The van der Waals surface area contributed by atoms with Gasteiger partial charge >= 0.3 is 0 Å². The first-order valence-corrected chi connectivity index (χ1v) is 6.52. The molecule has 1 aromatic rings. The van der Waals surface area contributed by atoms with Crippen molar-refractivity contribution in [1.82, 2.24) is 15.0 Å². The summed E-state index contributed by atoms with van der Waals surface area (Å²) in [7, 11) is 1.56. The fourth-order valence-electron chi connectivity index (χ4n) is 1.67. The maximum Gasteiger partial charge on any atom is 0.243 e. The number of ether oxygens (including phenoxy) is 1. The Balaban J connectivity index is 2.97. The number of aliphatic hydroxyl groups is 1. The van der Waals surface area contributed by atoms with Crippen LogP contribution in [0.2, 0.25) is 0 Å². The number of methoxy groups -OCH3 is 1. The van der Waals surface area contributed by atoms with Crippen molar-refractivity contribution < 1.29 is 9.84 Å². The Bertz CT molecular complexity index is 400. The predicted octanol–water partition coefficient (Wildman–Crippen LogP) is -0.577. The van der Waals surface area contributed by atoms with Crippen LogP contribution in [0.1, 0.15) is 13.8 Å². The molecule has 0 spiro atoms. The molecule has 0 aliphatic rings. The molecule has 0 saturated carbocycles. The highest BCUT2D eigenvalue weighted by Gasteiger charge is 2.13. The molecular weight excluding hydrogens is 262 g/mol. The van der Waals surface area contributed by atoms with Gasteiger partial charge < -0.3 is 20.1 Å². The van der Waals surface area contributed by atoms with E-state index in [2.05, 4.69) is 25.7 Å². The van der Waals surface area contributed by atoms with E-state index in [0.29, 0.717) is 18.5 Å². The maximum absolute atomic E-state index is 9.25. The zero-order valence-electron chi connectivity index (χ0n) is 12.1. The molecule has 0 bridgehead atoms. The summed E-state index contributed by atoms with van der Waals surface area (Å²) >= 11 is 0. The van der Waals surface area contributed by atoms with Gasteiger partial charge in [0, 0.05) is 20.2 Å². The molecule has 20 heavy (non-hydrogen) atoms. The number of nitrogens with one attached hydrogen (secondary N) is 2. The third-order valence-electron chi connectivity index (χ3n) is 2.72. The summed E-state index contributed by atoms with van der Waals surface area (Å²) in [5.74, 6) is 6.49. The van der Waals surface area contributed by atoms with Gasteiger partial charge in [-0.3, -0.25) is 5.43 Å². The van der Waals surface area contributed by atoms with E-state index in [9.17, 15) is 5.11 Å². The molecule has 1 unspecified atom stereocenters. The molecule has 1 heterocycles. The second-order valence-corrected chi connectivity index (χ2v) is 4.08. The van der Waals surface area contributed by atoms with Gasteiger partial charge in [-0.1, -0.05) is 0 Å². The van der Waals surface area contributed by atoms with Crippen molar-refractivity contribution >= 4 is 17.8 Å². The lowest BCUT2D eigenvalue weighted by atomic mass is 10.3. The van der Waals surface area contributed by atoms with Gasteiger partial charge in [0.15, 0.2) is 0 Å². The minimum Gasteiger partial charge on any atom is -0.394 e. The Hall–Kier alpha value is -1.71. The Labute approximate surface area is 118 Å². The predicted molar refractivity (Wildman–Crippen MR) is 77.6 cm³/mol. The SMILES string of the molecule is CCN(CC)c1nc(NN)nc(NC(CO)COC)n1. The number of rotatable bonds is 9. The molecule has 1 aromatic heterocycles. The third-order valence-corrected chi connectivity index (χ3v) is 2.72. The van der Waals surface area contributed by atoms with E-state index in [0.717, 1.165) is 13.1 Å². The molecule has 0 amide bonds. The van der Waals surface area contributed by atoms with Gasteiger partial charge in [-0.2, -0.15) is 15.0 Å². The van der Waals surface area contributed by atoms with Crippen molar-refractivity contribution in [2.45, 2.75) is 19.9 Å². The summed E-state index contributed by atoms with van der Waals surface area (Å²) in [6.45, 7) is 5.81. The molecule has 0 aromatic carbocycles. The van der Waals surface area contributed by atoms with E-state index in [1.165, 1.54) is 0 Å². The number of nitrogen functional groups attached to an aromatic ring is 1. The molecule has 0 saturated heterocycles. The van der Waals surface area contributed by atoms with Crippen LogP contribution in [0.25, 0.3) is 0 Å². The van der Waals surface area contributed by atoms with Crippen molar-refractivity contribution in [3.63, 3.8) is 0 Å². The second-order valence-electron chi connectivity index (χ2n) is 4.08. The number of hydrazine groups is 1. The topological polar surface area (TPSA) is 121 Å². The molecule has 1 atom stereocenters. The highest BCUT2D eigenvalue weighted by molar-refractivity contribution is 5.43. The largest absolute Gasteiger partial charge is 0.394 e. The van der Waals surface area contributed by atoms with Gasteiger partial charge in [-0.15, -0.1) is 0 Å². The van der Waals surface area contributed by atoms with Crippen LogP contribution in [0.15, 0.2) is 0 Å². The maximum atomic E-state index is 9.25. The van der Waals surface area contributed by atoms with Crippen LogP contribution in [-0.2, 0) is 4.74 Å². The van der Waals surface area contributed by atoms with Crippen LogP contribution >= 0.6 is 0 Å². The first-order valence-electron chi connectivity index (χ1n) is 6.52. The van der Waals surface area contributed by atoms with Crippen molar-refractivity contribution in [1.29, 1.82) is 0 Å². The van der Waals surface area contributed by atoms with E-state index in [1.807, 2.05) is 18.7 Å². The molecule has 114 valence electrons. The summed E-state index contributed by atoms with van der Waals surface area (Å²) in [4.78, 5) is 14.6. The summed E-state index contributed by atoms with van der Waals surface area (Å²) in [6.07, 6.45) is 0. The summed E-state index contributed by atoms with van der Waals surface area (Å²) in [5, 5.41) is 12.2. The van der Waals surface area contributed by atoms with Crippen molar-refractivity contribution in [2.75, 3.05) is 49.1 Å². The first kappa shape index (κ1) is 16.3. The molecular formula is C11H23N7O2. The fourth-order valence-corrected chi connectivity index (χ4v) is 1.67. The number of hydrogen-bond acceptors (Lipinski definition) is 9. The summed E-state index contributed by atoms with van der Waals surface area (Å²) < 4.78 is 5.00. The van der Waals surface area contributed by atoms with Gasteiger partial charge in [0.25, 0.3) is 0 Å². The fraction of sp³-hybridized carbons (Fsp3) is 0.727. The quantitative estimate of drug-likeness (QED) is 0.349. The normalized spacial score (nSPS) is 12.1. The molecule has 0 radical (unpaired) electrons. The van der Waals surface area contributed by atoms with Crippen LogP contribution in [0.5, 0.6) is 0 Å². The Kier molecular flexibility index (Phi) is 6.91. The van der Waals surface area contributed by atoms with Gasteiger partial charge in [0.2, 0.25) is 17.8 Å². The number of aliphatic hydroxyl groups excluding tert-OH is 1. The van der Waals surface area contributed by atoms with Crippen LogP contribution in [0.4, 0.5) is 17.8 Å². The number of aromatic nitrogens is 3. The van der Waals surface area contributed by atoms with Crippen LogP contribution in [-0.4, -0.2) is 59.5 Å². The lowest BCUT2D eigenvalue weighted by Gasteiger charge is -2.21. The van der Waals surface area contributed by atoms with E-state index in [4.69, 9.17) is 10.6 Å².